The minimum Gasteiger partial charge on any atom is -0.482 e. The van der Waals surface area contributed by atoms with Gasteiger partial charge in [-0.3, -0.25) is 4.90 Å². The van der Waals surface area contributed by atoms with Crippen LogP contribution in [0.15, 0.2) is 175 Å². The highest BCUT2D eigenvalue weighted by molar-refractivity contribution is 5.40. The van der Waals surface area contributed by atoms with Crippen LogP contribution in [-0.4, -0.2) is 31.1 Å². The molecule has 0 aromatic heterocycles. The van der Waals surface area contributed by atoms with E-state index in [1.165, 1.54) is 17.7 Å². The number of rotatable bonds is 25. The molecule has 1 aliphatic rings. The number of unbranched alkanes of at least 4 members (excludes halogenated alkanes) is 1. The fourth-order valence-corrected chi connectivity index (χ4v) is 4.99. The molecule has 3 N–H and O–H groups in total. The zero-order valence-electron chi connectivity index (χ0n) is 31.6. The van der Waals surface area contributed by atoms with Gasteiger partial charge in [-0.2, -0.15) is 0 Å². The first-order valence-corrected chi connectivity index (χ1v) is 17.1. The van der Waals surface area contributed by atoms with Crippen molar-refractivity contribution in [3.8, 4) is 0 Å². The molecule has 0 spiro atoms. The van der Waals surface area contributed by atoms with E-state index >= 15 is 0 Å². The third-order valence-electron chi connectivity index (χ3n) is 8.25. The van der Waals surface area contributed by atoms with Crippen molar-refractivity contribution in [2.75, 3.05) is 20.2 Å². The average molecular weight is 681 g/mol. The molecule has 0 aromatic rings. The lowest BCUT2D eigenvalue weighted by Gasteiger charge is -2.30. The van der Waals surface area contributed by atoms with Crippen molar-refractivity contribution in [3.05, 3.63) is 175 Å². The summed E-state index contributed by atoms with van der Waals surface area (Å²) >= 11 is 0. The number of methoxy groups -OCH3 is 1. The molecule has 0 saturated carbocycles. The van der Waals surface area contributed by atoms with Gasteiger partial charge in [-0.05, 0) is 108 Å². The van der Waals surface area contributed by atoms with Crippen LogP contribution in [0, 0.1) is 5.92 Å². The highest BCUT2D eigenvalue weighted by atomic mass is 19.1. The Balaban J connectivity index is 3.04. The lowest BCUT2D eigenvalue weighted by molar-refractivity contribution is 0.202. The van der Waals surface area contributed by atoms with Crippen molar-refractivity contribution in [2.24, 2.45) is 5.92 Å². The zero-order chi connectivity index (χ0) is 37.8. The Bertz CT molecular complexity index is 1540. The SMILES string of the molecule is C=CCC(CCC/C=C(\C)C(=C)C)NC(=C)C/C(=C/C(=C)C(=C)NCC(=C=CC)/C=C\C(F)=C\CNC1=CC(=C)C1C)N(C(=C)C)C(=C)OC. The van der Waals surface area contributed by atoms with E-state index in [2.05, 4.69) is 94.2 Å². The van der Waals surface area contributed by atoms with Crippen LogP contribution in [0.25, 0.3) is 0 Å². The first-order chi connectivity index (χ1) is 23.6. The number of hydrogen-bond donors (Lipinski definition) is 3. The summed E-state index contributed by atoms with van der Waals surface area (Å²) in [6.07, 6.45) is 18.7. The molecule has 0 bridgehead atoms. The molecule has 5 nitrogen and oxygen atoms in total. The Morgan fingerprint density at radius 2 is 1.80 bits per heavy atom. The van der Waals surface area contributed by atoms with Gasteiger partial charge in [0.2, 0.25) is 0 Å². The first-order valence-electron chi connectivity index (χ1n) is 17.1. The van der Waals surface area contributed by atoms with E-state index in [-0.39, 0.29) is 11.9 Å². The highest BCUT2D eigenvalue weighted by Crippen LogP contribution is 2.28. The number of halogens is 1. The minimum absolute atomic E-state index is 0.189. The number of nitrogens with one attached hydrogen (secondary N) is 3. The van der Waals surface area contributed by atoms with Gasteiger partial charge in [0.15, 0.2) is 5.88 Å². The quantitative estimate of drug-likeness (QED) is 0.0295. The zero-order valence-corrected chi connectivity index (χ0v) is 31.6. The molecule has 2 unspecified atom stereocenters. The van der Waals surface area contributed by atoms with Gasteiger partial charge in [0.1, 0.15) is 5.83 Å². The molecule has 1 aliphatic carbocycles. The summed E-state index contributed by atoms with van der Waals surface area (Å²) in [7, 11) is 1.57. The van der Waals surface area contributed by atoms with Crippen molar-refractivity contribution in [1.82, 2.24) is 20.9 Å². The monoisotopic (exact) mass is 680 g/mol. The van der Waals surface area contributed by atoms with E-state index in [1.54, 1.807) is 19.3 Å². The summed E-state index contributed by atoms with van der Waals surface area (Å²) in [5.74, 6) is 0.369. The van der Waals surface area contributed by atoms with Crippen molar-refractivity contribution in [3.63, 3.8) is 0 Å². The van der Waals surface area contributed by atoms with Crippen LogP contribution in [0.3, 0.4) is 0 Å². The lowest BCUT2D eigenvalue weighted by Crippen LogP contribution is -2.29. The van der Waals surface area contributed by atoms with E-state index in [1.807, 2.05) is 43.9 Å². The van der Waals surface area contributed by atoms with Gasteiger partial charge >= 0.3 is 0 Å². The number of ether oxygens (including phenoxy) is 1. The van der Waals surface area contributed by atoms with Crippen LogP contribution < -0.4 is 16.0 Å². The maximum atomic E-state index is 14.5. The largest absolute Gasteiger partial charge is 0.482 e. The average Bonchev–Trinajstić information content (AvgIpc) is 3.06. The van der Waals surface area contributed by atoms with E-state index in [0.29, 0.717) is 42.6 Å². The topological polar surface area (TPSA) is 48.6 Å². The van der Waals surface area contributed by atoms with E-state index < -0.39 is 0 Å². The number of hydrogen-bond acceptors (Lipinski definition) is 5. The summed E-state index contributed by atoms with van der Waals surface area (Å²) < 4.78 is 20.1. The predicted molar refractivity (Wildman–Crippen MR) is 215 cm³/mol. The Hall–Kier alpha value is -4.93. The van der Waals surface area contributed by atoms with Crippen LogP contribution >= 0.6 is 0 Å². The normalized spacial score (nSPS) is 15.1. The van der Waals surface area contributed by atoms with Gasteiger partial charge in [-0.15, -0.1) is 12.3 Å². The molecular formula is C44H61FN4O. The van der Waals surface area contributed by atoms with Gasteiger partial charge in [-0.1, -0.05) is 69.7 Å². The van der Waals surface area contributed by atoms with E-state index in [9.17, 15) is 4.39 Å². The summed E-state index contributed by atoms with van der Waals surface area (Å²) in [6.45, 7) is 43.7. The van der Waals surface area contributed by atoms with Crippen LogP contribution in [0.5, 0.6) is 0 Å². The van der Waals surface area contributed by atoms with Crippen LogP contribution in [0.2, 0.25) is 0 Å². The highest BCUT2D eigenvalue weighted by Gasteiger charge is 2.20. The lowest BCUT2D eigenvalue weighted by atomic mass is 9.87. The Morgan fingerprint density at radius 1 is 1.10 bits per heavy atom. The number of allylic oxidation sites excluding steroid dienone is 9. The smallest absolute Gasteiger partial charge is 0.190 e. The molecule has 270 valence electrons. The van der Waals surface area contributed by atoms with Crippen molar-refractivity contribution in [1.29, 1.82) is 0 Å². The van der Waals surface area contributed by atoms with Gasteiger partial charge in [-0.25, -0.2) is 4.39 Å². The third-order valence-corrected chi connectivity index (χ3v) is 8.25. The first kappa shape index (κ1) is 43.1. The second kappa shape index (κ2) is 22.7. The molecule has 2 atom stereocenters. The summed E-state index contributed by atoms with van der Waals surface area (Å²) in [6, 6.07) is 0.189. The van der Waals surface area contributed by atoms with Crippen molar-refractivity contribution < 1.29 is 9.13 Å². The Kier molecular flexibility index (Phi) is 19.5. The minimum atomic E-state index is -0.341. The second-order valence-corrected chi connectivity index (χ2v) is 12.6. The van der Waals surface area contributed by atoms with Gasteiger partial charge < -0.3 is 20.7 Å². The molecule has 0 radical (unpaired) electrons. The molecule has 0 aromatic carbocycles. The number of nitrogens with zero attached hydrogens (tertiary/aromatic N) is 1. The maximum absolute atomic E-state index is 14.5. The van der Waals surface area contributed by atoms with Gasteiger partial charge in [0.05, 0.1) is 7.11 Å². The molecule has 0 saturated heterocycles. The van der Waals surface area contributed by atoms with Crippen molar-refractivity contribution in [2.45, 2.75) is 72.8 Å². The van der Waals surface area contributed by atoms with Crippen LogP contribution in [-0.2, 0) is 4.74 Å². The van der Waals surface area contributed by atoms with Crippen LogP contribution in [0.4, 0.5) is 4.39 Å². The molecule has 0 heterocycles. The maximum Gasteiger partial charge on any atom is 0.190 e. The van der Waals surface area contributed by atoms with Gasteiger partial charge in [0.25, 0.3) is 0 Å². The van der Waals surface area contributed by atoms with Crippen LogP contribution in [0.1, 0.15) is 66.7 Å². The van der Waals surface area contributed by atoms with E-state index in [0.717, 1.165) is 65.2 Å². The molecular weight excluding hydrogens is 620 g/mol. The third kappa shape index (κ3) is 15.5. The van der Waals surface area contributed by atoms with Gasteiger partial charge in [0, 0.05) is 65.5 Å². The molecule has 50 heavy (non-hydrogen) atoms. The Morgan fingerprint density at radius 3 is 2.36 bits per heavy atom. The molecule has 1 rings (SSSR count). The molecule has 0 fully saturated rings. The fraction of sp³-hybridized carbons (Fsp3) is 0.341. The fourth-order valence-electron chi connectivity index (χ4n) is 4.99. The molecule has 0 aliphatic heterocycles. The summed E-state index contributed by atoms with van der Waals surface area (Å²) in [5, 5.41) is 10.1. The Labute approximate surface area is 303 Å². The molecule has 6 heteroatoms. The standard InChI is InChI=1S/C44H61FN4O/c1-15-19-40(23-24-41(45)25-26-46-44-28-34(8)37(44)11)30-47-38(12)35(9)27-43(49(32(5)6)39(13)50-14)29-36(10)48-42(20-16-2)22-18-17-21-33(7)31(3)4/h15-16,21,23-25,27-28,37,42,46-48H,2-3,5,8-10,12-13,17-18,20,22,26,29-30H2,1,4,6-7,11,14H3/b24-23-,33-21+,41-25-,43-27-. The molecule has 0 amide bonds. The summed E-state index contributed by atoms with van der Waals surface area (Å²) in [4.78, 5) is 1.84. The second-order valence-electron chi connectivity index (χ2n) is 12.6. The predicted octanol–water partition coefficient (Wildman–Crippen LogP) is 10.8. The van der Waals surface area contributed by atoms with Crippen molar-refractivity contribution >= 4 is 0 Å². The van der Waals surface area contributed by atoms with E-state index in [4.69, 9.17) is 4.74 Å². The summed E-state index contributed by atoms with van der Waals surface area (Å²) in [5.41, 5.74) is 12.0.